The van der Waals surface area contributed by atoms with Crippen LogP contribution in [0.3, 0.4) is 0 Å². The Morgan fingerprint density at radius 2 is 1.82 bits per heavy atom. The Balaban J connectivity index is 1.89. The van der Waals surface area contributed by atoms with E-state index in [0.717, 1.165) is 28.0 Å². The van der Waals surface area contributed by atoms with Gasteiger partial charge in [0.15, 0.2) is 0 Å². The van der Waals surface area contributed by atoms with Gasteiger partial charge in [-0.1, -0.05) is 30.3 Å². The van der Waals surface area contributed by atoms with Gasteiger partial charge in [0, 0.05) is 12.8 Å². The van der Waals surface area contributed by atoms with Gasteiger partial charge >= 0.3 is 0 Å². The summed E-state index contributed by atoms with van der Waals surface area (Å²) < 4.78 is 0. The van der Waals surface area contributed by atoms with Gasteiger partial charge in [-0.15, -0.1) is 0 Å². The third-order valence-corrected chi connectivity index (χ3v) is 3.79. The number of nitrogens with one attached hydrogen (secondary N) is 1. The summed E-state index contributed by atoms with van der Waals surface area (Å²) in [4.78, 5) is 11.1. The van der Waals surface area contributed by atoms with Crippen molar-refractivity contribution in [3.63, 3.8) is 0 Å². The minimum Gasteiger partial charge on any atom is -0.273 e. The molecule has 0 fully saturated rings. The van der Waals surface area contributed by atoms with Crippen LogP contribution in [-0.4, -0.2) is 11.6 Å². The summed E-state index contributed by atoms with van der Waals surface area (Å²) in [6.07, 6.45) is 1.15. The number of hydrazone groups is 1. The largest absolute Gasteiger partial charge is 0.273 e. The van der Waals surface area contributed by atoms with Crippen LogP contribution < -0.4 is 5.43 Å². The van der Waals surface area contributed by atoms with Gasteiger partial charge in [0.25, 0.3) is 0 Å². The SMILES string of the molecule is Cc1cc(C#N)ccc1-c1ccc(C2=NNC(=O)CC2)cc1. The number of benzene rings is 2. The van der Waals surface area contributed by atoms with E-state index in [0.29, 0.717) is 18.4 Å². The van der Waals surface area contributed by atoms with Crippen molar-refractivity contribution in [3.05, 3.63) is 59.2 Å². The normalized spacial score (nSPS) is 14.0. The van der Waals surface area contributed by atoms with Gasteiger partial charge in [-0.3, -0.25) is 4.79 Å². The molecule has 0 radical (unpaired) electrons. The molecule has 108 valence electrons. The van der Waals surface area contributed by atoms with Crippen LogP contribution >= 0.6 is 0 Å². The molecule has 1 N–H and O–H groups in total. The van der Waals surface area contributed by atoms with Gasteiger partial charge in [-0.25, -0.2) is 5.43 Å². The fourth-order valence-electron chi connectivity index (χ4n) is 2.58. The van der Waals surface area contributed by atoms with Crippen LogP contribution in [0.1, 0.15) is 29.5 Å². The number of rotatable bonds is 2. The van der Waals surface area contributed by atoms with Crippen LogP contribution in [0.4, 0.5) is 0 Å². The highest BCUT2D eigenvalue weighted by atomic mass is 16.2. The number of carbonyl (C=O) groups is 1. The molecule has 0 aromatic heterocycles. The van der Waals surface area contributed by atoms with E-state index in [1.807, 2.05) is 49.4 Å². The first-order valence-electron chi connectivity index (χ1n) is 7.14. The van der Waals surface area contributed by atoms with Crippen LogP contribution in [0, 0.1) is 18.3 Å². The van der Waals surface area contributed by atoms with E-state index in [9.17, 15) is 4.79 Å². The Bertz CT molecular complexity index is 798. The monoisotopic (exact) mass is 289 g/mol. The highest BCUT2D eigenvalue weighted by molar-refractivity contribution is 6.04. The number of hydrogen-bond donors (Lipinski definition) is 1. The first kappa shape index (κ1) is 14.0. The summed E-state index contributed by atoms with van der Waals surface area (Å²) in [6.45, 7) is 2.00. The van der Waals surface area contributed by atoms with Crippen molar-refractivity contribution < 1.29 is 4.79 Å². The molecule has 3 rings (SSSR count). The predicted octanol–water partition coefficient (Wildman–Crippen LogP) is 3.15. The van der Waals surface area contributed by atoms with Gasteiger partial charge in [0.05, 0.1) is 17.3 Å². The average molecular weight is 289 g/mol. The van der Waals surface area contributed by atoms with E-state index < -0.39 is 0 Å². The van der Waals surface area contributed by atoms with Crippen molar-refractivity contribution in [3.8, 4) is 17.2 Å². The van der Waals surface area contributed by atoms with E-state index in [2.05, 4.69) is 16.6 Å². The van der Waals surface area contributed by atoms with Gasteiger partial charge in [0.1, 0.15) is 0 Å². The van der Waals surface area contributed by atoms with E-state index in [4.69, 9.17) is 5.26 Å². The third kappa shape index (κ3) is 2.75. The molecular weight excluding hydrogens is 274 g/mol. The van der Waals surface area contributed by atoms with E-state index in [-0.39, 0.29) is 5.91 Å². The molecule has 1 aliphatic rings. The minimum atomic E-state index is -0.0337. The lowest BCUT2D eigenvalue weighted by atomic mass is 9.96. The second kappa shape index (κ2) is 5.82. The van der Waals surface area contributed by atoms with Crippen molar-refractivity contribution in [2.24, 2.45) is 5.10 Å². The summed E-state index contributed by atoms with van der Waals surface area (Å²) in [5, 5.41) is 13.0. The van der Waals surface area contributed by atoms with Crippen molar-refractivity contribution >= 4 is 11.6 Å². The van der Waals surface area contributed by atoms with E-state index in [1.165, 1.54) is 0 Å². The third-order valence-electron chi connectivity index (χ3n) is 3.79. The highest BCUT2D eigenvalue weighted by Crippen LogP contribution is 2.25. The zero-order valence-corrected chi connectivity index (χ0v) is 12.3. The molecule has 4 nitrogen and oxygen atoms in total. The Hall–Kier alpha value is -2.93. The zero-order chi connectivity index (χ0) is 15.5. The highest BCUT2D eigenvalue weighted by Gasteiger charge is 2.13. The molecule has 0 spiro atoms. The topological polar surface area (TPSA) is 65.2 Å². The lowest BCUT2D eigenvalue weighted by Crippen LogP contribution is -2.25. The first-order valence-corrected chi connectivity index (χ1v) is 7.14. The van der Waals surface area contributed by atoms with Crippen LogP contribution in [0.25, 0.3) is 11.1 Å². The lowest BCUT2D eigenvalue weighted by molar-refractivity contribution is -0.121. The minimum absolute atomic E-state index is 0.0337. The summed E-state index contributed by atoms with van der Waals surface area (Å²) in [6, 6.07) is 16.0. The molecule has 22 heavy (non-hydrogen) atoms. The van der Waals surface area contributed by atoms with Crippen molar-refractivity contribution in [2.75, 3.05) is 0 Å². The van der Waals surface area contributed by atoms with Crippen LogP contribution in [0.2, 0.25) is 0 Å². The van der Waals surface area contributed by atoms with Crippen LogP contribution in [-0.2, 0) is 4.79 Å². The number of nitriles is 1. The zero-order valence-electron chi connectivity index (χ0n) is 12.3. The molecule has 1 heterocycles. The summed E-state index contributed by atoms with van der Waals surface area (Å²) in [7, 11) is 0. The molecule has 0 aliphatic carbocycles. The van der Waals surface area contributed by atoms with E-state index in [1.54, 1.807) is 0 Å². The summed E-state index contributed by atoms with van der Waals surface area (Å²) in [5.41, 5.74) is 8.41. The van der Waals surface area contributed by atoms with E-state index >= 15 is 0 Å². The molecule has 1 amide bonds. The quantitative estimate of drug-likeness (QED) is 0.923. The molecule has 2 aromatic carbocycles. The molecule has 0 saturated heterocycles. The second-order valence-corrected chi connectivity index (χ2v) is 5.31. The Morgan fingerprint density at radius 1 is 1.09 bits per heavy atom. The molecule has 4 heteroatoms. The number of amides is 1. The average Bonchev–Trinajstić information content (AvgIpc) is 2.56. The number of nitrogens with zero attached hydrogens (tertiary/aromatic N) is 2. The van der Waals surface area contributed by atoms with Crippen molar-refractivity contribution in [1.29, 1.82) is 5.26 Å². The Labute approximate surface area is 129 Å². The fraction of sp³-hybridized carbons (Fsp3) is 0.167. The fourth-order valence-corrected chi connectivity index (χ4v) is 2.58. The molecule has 1 aliphatic heterocycles. The van der Waals surface area contributed by atoms with Gasteiger partial charge < -0.3 is 0 Å². The second-order valence-electron chi connectivity index (χ2n) is 5.31. The van der Waals surface area contributed by atoms with Crippen LogP contribution in [0.5, 0.6) is 0 Å². The maximum absolute atomic E-state index is 11.1. The number of aryl methyl sites for hydroxylation is 1. The molecule has 0 bridgehead atoms. The Kier molecular flexibility index (Phi) is 3.71. The molecule has 0 atom stereocenters. The maximum atomic E-state index is 11.1. The summed E-state index contributed by atoms with van der Waals surface area (Å²) in [5.74, 6) is -0.0337. The lowest BCUT2D eigenvalue weighted by Gasteiger charge is -2.13. The summed E-state index contributed by atoms with van der Waals surface area (Å²) >= 11 is 0. The molecule has 0 saturated carbocycles. The first-order chi connectivity index (χ1) is 10.7. The van der Waals surface area contributed by atoms with Crippen molar-refractivity contribution in [1.82, 2.24) is 5.43 Å². The maximum Gasteiger partial charge on any atom is 0.240 e. The van der Waals surface area contributed by atoms with Gasteiger partial charge in [-0.2, -0.15) is 10.4 Å². The standard InChI is InChI=1S/C18H15N3O/c1-12-10-13(11-19)2-7-16(12)14-3-5-15(6-4-14)17-8-9-18(22)21-20-17/h2-7,10H,8-9H2,1H3,(H,21,22). The number of hydrogen-bond acceptors (Lipinski definition) is 3. The molecule has 2 aromatic rings. The van der Waals surface area contributed by atoms with Gasteiger partial charge in [-0.05, 0) is 41.3 Å². The Morgan fingerprint density at radius 3 is 2.41 bits per heavy atom. The van der Waals surface area contributed by atoms with Crippen molar-refractivity contribution in [2.45, 2.75) is 19.8 Å². The van der Waals surface area contributed by atoms with Crippen LogP contribution in [0.15, 0.2) is 47.6 Å². The predicted molar refractivity (Wildman–Crippen MR) is 85.2 cm³/mol. The molecular formula is C18H15N3O. The number of carbonyl (C=O) groups excluding carboxylic acids is 1. The van der Waals surface area contributed by atoms with Gasteiger partial charge in [0.2, 0.25) is 5.91 Å². The molecule has 0 unspecified atom stereocenters. The smallest absolute Gasteiger partial charge is 0.240 e.